The second-order valence-electron chi connectivity index (χ2n) is 5.39. The summed E-state index contributed by atoms with van der Waals surface area (Å²) in [5.74, 6) is -1.17. The summed E-state index contributed by atoms with van der Waals surface area (Å²) >= 11 is 0. The summed E-state index contributed by atoms with van der Waals surface area (Å²) in [5.41, 5.74) is 0.845. The average Bonchev–Trinajstić information content (AvgIpc) is 3.05. The highest BCUT2D eigenvalue weighted by Gasteiger charge is 2.52. The number of amides is 1. The number of carbonyl (C=O) groups is 2. The number of carboxylic acids is 1. The van der Waals surface area contributed by atoms with Crippen LogP contribution in [-0.4, -0.2) is 34.4 Å². The van der Waals surface area contributed by atoms with E-state index in [1.807, 2.05) is 30.3 Å². The van der Waals surface area contributed by atoms with Gasteiger partial charge in [0.15, 0.2) is 6.04 Å². The van der Waals surface area contributed by atoms with E-state index in [1.165, 1.54) is 0 Å². The number of hydrogen-bond acceptors (Lipinski definition) is 4. The fourth-order valence-corrected chi connectivity index (χ4v) is 3.06. The molecule has 1 saturated carbocycles. The van der Waals surface area contributed by atoms with Crippen molar-refractivity contribution in [1.29, 1.82) is 0 Å². The lowest BCUT2D eigenvalue weighted by molar-refractivity contribution is -0.166. The van der Waals surface area contributed by atoms with Crippen LogP contribution >= 0.6 is 0 Å². The summed E-state index contributed by atoms with van der Waals surface area (Å²) in [5, 5.41) is 10.2. The average molecular weight is 291 g/mol. The maximum atomic E-state index is 12.1. The molecule has 3 unspecified atom stereocenters. The number of ether oxygens (including phenoxy) is 1. The third-order valence-electron chi connectivity index (χ3n) is 4.05. The number of nitrogens with zero attached hydrogens (tertiary/aromatic N) is 1. The zero-order valence-corrected chi connectivity index (χ0v) is 11.5. The molecule has 1 aliphatic heterocycles. The third-order valence-corrected chi connectivity index (χ3v) is 4.05. The Morgan fingerprint density at radius 1 is 1.29 bits per heavy atom. The normalized spacial score (nSPS) is 27.4. The first-order valence-electron chi connectivity index (χ1n) is 7.06. The molecule has 1 N–H and O–H groups in total. The maximum Gasteiger partial charge on any atom is 0.435 e. The van der Waals surface area contributed by atoms with Crippen molar-refractivity contribution < 1.29 is 24.3 Å². The SMILES string of the molecule is O=C(O)C1C2CCCC2ON1C(=O)OCc1ccccc1. The van der Waals surface area contributed by atoms with Crippen molar-refractivity contribution in [1.82, 2.24) is 5.06 Å². The predicted molar refractivity (Wildman–Crippen MR) is 72.1 cm³/mol. The lowest BCUT2D eigenvalue weighted by Crippen LogP contribution is -2.42. The first-order chi connectivity index (χ1) is 10.2. The van der Waals surface area contributed by atoms with E-state index < -0.39 is 18.1 Å². The largest absolute Gasteiger partial charge is 0.480 e. The third kappa shape index (κ3) is 2.71. The molecule has 6 nitrogen and oxygen atoms in total. The molecule has 0 spiro atoms. The van der Waals surface area contributed by atoms with Crippen LogP contribution in [0.25, 0.3) is 0 Å². The topological polar surface area (TPSA) is 76.1 Å². The quantitative estimate of drug-likeness (QED) is 0.923. The minimum absolute atomic E-state index is 0.0984. The van der Waals surface area contributed by atoms with Crippen molar-refractivity contribution in [3.05, 3.63) is 35.9 Å². The molecule has 2 fully saturated rings. The van der Waals surface area contributed by atoms with Gasteiger partial charge in [0.1, 0.15) is 6.61 Å². The van der Waals surface area contributed by atoms with Gasteiger partial charge in [-0.1, -0.05) is 36.8 Å². The lowest BCUT2D eigenvalue weighted by atomic mass is 9.98. The monoisotopic (exact) mass is 291 g/mol. The molecule has 3 atom stereocenters. The van der Waals surface area contributed by atoms with Crippen molar-refractivity contribution in [3.63, 3.8) is 0 Å². The molecule has 0 bridgehead atoms. The molecule has 2 aliphatic rings. The van der Waals surface area contributed by atoms with Crippen LogP contribution in [0.2, 0.25) is 0 Å². The van der Waals surface area contributed by atoms with Gasteiger partial charge in [-0.3, -0.25) is 4.84 Å². The summed E-state index contributed by atoms with van der Waals surface area (Å²) in [7, 11) is 0. The molecule has 1 aromatic rings. The minimum atomic E-state index is -1.04. The predicted octanol–water partition coefficient (Wildman–Crippen LogP) is 2.19. The van der Waals surface area contributed by atoms with Crippen molar-refractivity contribution in [2.45, 2.75) is 38.0 Å². The molecule has 1 heterocycles. The van der Waals surface area contributed by atoms with Crippen molar-refractivity contribution >= 4 is 12.1 Å². The molecular formula is C15H17NO5. The highest BCUT2D eigenvalue weighted by molar-refractivity contribution is 5.80. The smallest absolute Gasteiger partial charge is 0.435 e. The highest BCUT2D eigenvalue weighted by Crippen LogP contribution is 2.40. The van der Waals surface area contributed by atoms with Crippen molar-refractivity contribution in [3.8, 4) is 0 Å². The molecule has 1 amide bonds. The lowest BCUT2D eigenvalue weighted by Gasteiger charge is -2.21. The number of rotatable bonds is 3. The summed E-state index contributed by atoms with van der Waals surface area (Å²) in [6.45, 7) is 0.0984. The Labute approximate surface area is 122 Å². The van der Waals surface area contributed by atoms with E-state index in [-0.39, 0.29) is 18.6 Å². The molecule has 1 aromatic carbocycles. The van der Waals surface area contributed by atoms with Gasteiger partial charge >= 0.3 is 12.1 Å². The standard InChI is InChI=1S/C15H17NO5/c17-14(18)13-11-7-4-8-12(11)21-16(13)15(19)20-9-10-5-2-1-3-6-10/h1-3,5-6,11-13H,4,7-9H2,(H,17,18). The number of hydrogen-bond donors (Lipinski definition) is 1. The zero-order valence-electron chi connectivity index (χ0n) is 11.5. The van der Waals surface area contributed by atoms with E-state index >= 15 is 0 Å². The Kier molecular flexibility index (Phi) is 3.79. The highest BCUT2D eigenvalue weighted by atomic mass is 16.7. The Morgan fingerprint density at radius 3 is 2.76 bits per heavy atom. The second-order valence-corrected chi connectivity index (χ2v) is 5.39. The van der Waals surface area contributed by atoms with Gasteiger partial charge in [0, 0.05) is 5.92 Å². The molecule has 6 heteroatoms. The van der Waals surface area contributed by atoms with Crippen LogP contribution in [0.4, 0.5) is 4.79 Å². The van der Waals surface area contributed by atoms with Crippen LogP contribution < -0.4 is 0 Å². The van der Waals surface area contributed by atoms with Crippen LogP contribution in [-0.2, 0) is 21.0 Å². The summed E-state index contributed by atoms with van der Waals surface area (Å²) in [6.07, 6.45) is 1.57. The van der Waals surface area contributed by atoms with E-state index in [2.05, 4.69) is 0 Å². The maximum absolute atomic E-state index is 12.1. The molecule has 1 saturated heterocycles. The molecule has 0 aromatic heterocycles. The van der Waals surface area contributed by atoms with Crippen molar-refractivity contribution in [2.75, 3.05) is 0 Å². The number of fused-ring (bicyclic) bond motifs is 1. The molecule has 21 heavy (non-hydrogen) atoms. The minimum Gasteiger partial charge on any atom is -0.480 e. The van der Waals surface area contributed by atoms with Gasteiger partial charge in [0.25, 0.3) is 0 Å². The van der Waals surface area contributed by atoms with Crippen LogP contribution in [0.15, 0.2) is 30.3 Å². The number of hydroxylamine groups is 2. The van der Waals surface area contributed by atoms with Gasteiger partial charge in [-0.15, -0.1) is 0 Å². The van der Waals surface area contributed by atoms with E-state index in [1.54, 1.807) is 0 Å². The van der Waals surface area contributed by atoms with Crippen LogP contribution in [0.3, 0.4) is 0 Å². The summed E-state index contributed by atoms with van der Waals surface area (Å²) in [6, 6.07) is 8.29. The van der Waals surface area contributed by atoms with E-state index in [4.69, 9.17) is 9.57 Å². The molecular weight excluding hydrogens is 274 g/mol. The summed E-state index contributed by atoms with van der Waals surface area (Å²) < 4.78 is 5.16. The van der Waals surface area contributed by atoms with Crippen molar-refractivity contribution in [2.24, 2.45) is 5.92 Å². The van der Waals surface area contributed by atoms with Gasteiger partial charge in [0.05, 0.1) is 6.10 Å². The second kappa shape index (κ2) is 5.73. The zero-order chi connectivity index (χ0) is 14.8. The van der Waals surface area contributed by atoms with Crippen LogP contribution in [0.5, 0.6) is 0 Å². The van der Waals surface area contributed by atoms with Crippen LogP contribution in [0, 0.1) is 5.92 Å². The van der Waals surface area contributed by atoms with Gasteiger partial charge in [-0.05, 0) is 18.4 Å². The Hall–Kier alpha value is -2.08. The van der Waals surface area contributed by atoms with Gasteiger partial charge in [-0.25, -0.2) is 9.59 Å². The molecule has 112 valence electrons. The fourth-order valence-electron chi connectivity index (χ4n) is 3.06. The summed E-state index contributed by atoms with van der Waals surface area (Å²) in [4.78, 5) is 29.0. The molecule has 1 aliphatic carbocycles. The van der Waals surface area contributed by atoms with E-state index in [0.29, 0.717) is 0 Å². The Balaban J connectivity index is 1.65. The molecule has 3 rings (SSSR count). The number of carboxylic acid groups (broad SMARTS) is 1. The van der Waals surface area contributed by atoms with Gasteiger partial charge in [-0.2, -0.15) is 5.06 Å². The van der Waals surface area contributed by atoms with Crippen LogP contribution in [0.1, 0.15) is 24.8 Å². The number of aliphatic carboxylic acids is 1. The van der Waals surface area contributed by atoms with E-state index in [0.717, 1.165) is 29.9 Å². The first kappa shape index (κ1) is 13.9. The van der Waals surface area contributed by atoms with Gasteiger partial charge < -0.3 is 9.84 Å². The number of carbonyl (C=O) groups excluding carboxylic acids is 1. The Morgan fingerprint density at radius 2 is 2.05 bits per heavy atom. The molecule has 0 radical (unpaired) electrons. The Bertz CT molecular complexity index is 532. The first-order valence-corrected chi connectivity index (χ1v) is 7.06. The number of benzene rings is 1. The fraction of sp³-hybridized carbons (Fsp3) is 0.467. The van der Waals surface area contributed by atoms with E-state index in [9.17, 15) is 14.7 Å². The van der Waals surface area contributed by atoms with Gasteiger partial charge in [0.2, 0.25) is 0 Å².